The maximum atomic E-state index is 5.94. The molecule has 0 radical (unpaired) electrons. The predicted octanol–water partition coefficient (Wildman–Crippen LogP) is 5.28. The smallest absolute Gasteiger partial charge is 0.0575 e. The third-order valence-corrected chi connectivity index (χ3v) is 4.72. The molecule has 0 bridgehead atoms. The number of rotatable bonds is 7. The molecule has 0 saturated heterocycles. The van der Waals surface area contributed by atoms with Gasteiger partial charge in [0.25, 0.3) is 0 Å². The first-order valence-corrected chi connectivity index (χ1v) is 8.62. The molecule has 1 fully saturated rings. The van der Waals surface area contributed by atoms with Crippen LogP contribution >= 0.6 is 12.6 Å². The number of hydrogen-bond donors (Lipinski definition) is 1. The Morgan fingerprint density at radius 2 is 1.80 bits per heavy atom. The van der Waals surface area contributed by atoms with Gasteiger partial charge in [-0.25, -0.2) is 0 Å². The van der Waals surface area contributed by atoms with E-state index in [1.807, 2.05) is 0 Å². The molecule has 0 N–H and O–H groups in total. The second-order valence-corrected chi connectivity index (χ2v) is 6.59. The quantitative estimate of drug-likeness (QED) is 0.531. The van der Waals surface area contributed by atoms with Gasteiger partial charge in [-0.05, 0) is 68.6 Å². The van der Waals surface area contributed by atoms with Crippen molar-refractivity contribution in [3.63, 3.8) is 0 Å². The summed E-state index contributed by atoms with van der Waals surface area (Å²) in [7, 11) is 0. The third-order valence-electron chi connectivity index (χ3n) is 4.42. The lowest BCUT2D eigenvalue weighted by atomic mass is 9.84. The Hall–Kier alpha value is -0.470. The summed E-state index contributed by atoms with van der Waals surface area (Å²) in [6.07, 6.45) is 10.8. The molecule has 0 heterocycles. The van der Waals surface area contributed by atoms with E-state index < -0.39 is 0 Å². The van der Waals surface area contributed by atoms with Crippen LogP contribution in [0.3, 0.4) is 0 Å². The Labute approximate surface area is 129 Å². The minimum atomic E-state index is 0.543. The Morgan fingerprint density at radius 1 is 1.10 bits per heavy atom. The summed E-state index contributed by atoms with van der Waals surface area (Å²) < 4.78 is 5.94. The van der Waals surface area contributed by atoms with Gasteiger partial charge in [-0.2, -0.15) is 0 Å². The van der Waals surface area contributed by atoms with Gasteiger partial charge in [0.2, 0.25) is 0 Å². The second kappa shape index (κ2) is 8.74. The van der Waals surface area contributed by atoms with Crippen LogP contribution in [-0.2, 0) is 11.2 Å². The molecular weight excluding hydrogens is 264 g/mol. The monoisotopic (exact) mass is 292 g/mol. The highest BCUT2D eigenvalue weighted by Crippen LogP contribution is 2.29. The summed E-state index contributed by atoms with van der Waals surface area (Å²) >= 11 is 4.33. The fraction of sp³-hybridized carbons (Fsp3) is 0.667. The summed E-state index contributed by atoms with van der Waals surface area (Å²) in [6, 6.07) is 8.61. The highest BCUT2D eigenvalue weighted by Gasteiger charge is 2.21. The second-order valence-electron chi connectivity index (χ2n) is 6.07. The summed E-state index contributed by atoms with van der Waals surface area (Å²) in [6.45, 7) is 3.18. The van der Waals surface area contributed by atoms with Crippen molar-refractivity contribution >= 4 is 12.6 Å². The zero-order chi connectivity index (χ0) is 14.2. The van der Waals surface area contributed by atoms with Gasteiger partial charge in [0, 0.05) is 11.5 Å². The number of hydrogen-bond acceptors (Lipinski definition) is 2. The number of unbranched alkanes of at least 4 members (excludes halogenated alkanes) is 1. The van der Waals surface area contributed by atoms with Gasteiger partial charge in [-0.1, -0.05) is 25.5 Å². The topological polar surface area (TPSA) is 9.23 Å². The average Bonchev–Trinajstić information content (AvgIpc) is 2.48. The van der Waals surface area contributed by atoms with E-state index in [1.165, 1.54) is 56.9 Å². The van der Waals surface area contributed by atoms with E-state index in [-0.39, 0.29) is 0 Å². The average molecular weight is 292 g/mol. The molecule has 1 aliphatic rings. The summed E-state index contributed by atoms with van der Waals surface area (Å²) in [4.78, 5) is 1.05. The molecule has 2 heteroatoms. The first-order valence-electron chi connectivity index (χ1n) is 8.17. The zero-order valence-electron chi connectivity index (χ0n) is 12.7. The van der Waals surface area contributed by atoms with Gasteiger partial charge in [0.15, 0.2) is 0 Å². The maximum Gasteiger partial charge on any atom is 0.0575 e. The van der Waals surface area contributed by atoms with Gasteiger partial charge in [0.1, 0.15) is 0 Å². The van der Waals surface area contributed by atoms with Crippen molar-refractivity contribution in [2.75, 3.05) is 6.61 Å². The van der Waals surface area contributed by atoms with E-state index in [9.17, 15) is 0 Å². The van der Waals surface area contributed by atoms with E-state index in [2.05, 4.69) is 43.8 Å². The maximum absolute atomic E-state index is 5.94. The molecule has 112 valence electrons. The van der Waals surface area contributed by atoms with Crippen LogP contribution in [0, 0.1) is 5.92 Å². The fourth-order valence-corrected chi connectivity index (χ4v) is 3.16. The molecule has 20 heavy (non-hydrogen) atoms. The molecule has 0 aromatic heterocycles. The Balaban J connectivity index is 1.63. The number of benzene rings is 1. The summed E-state index contributed by atoms with van der Waals surface area (Å²) in [5, 5.41) is 0. The van der Waals surface area contributed by atoms with Crippen molar-refractivity contribution in [3.05, 3.63) is 29.8 Å². The van der Waals surface area contributed by atoms with Crippen LogP contribution in [0.25, 0.3) is 0 Å². The normalized spacial score (nSPS) is 22.9. The van der Waals surface area contributed by atoms with E-state index in [1.54, 1.807) is 0 Å². The lowest BCUT2D eigenvalue weighted by Gasteiger charge is -2.28. The van der Waals surface area contributed by atoms with E-state index in [0.717, 1.165) is 17.4 Å². The number of ether oxygens (including phenoxy) is 1. The third kappa shape index (κ3) is 5.49. The Morgan fingerprint density at radius 3 is 2.45 bits per heavy atom. The lowest BCUT2D eigenvalue weighted by Crippen LogP contribution is -2.22. The number of aryl methyl sites for hydroxylation is 1. The molecule has 1 aliphatic carbocycles. The molecule has 1 aromatic carbocycles. The van der Waals surface area contributed by atoms with Crippen LogP contribution in [0.2, 0.25) is 0 Å². The number of thiol groups is 1. The SMILES string of the molecule is CCCCOC1CCC(CCc2ccc(S)cc2)CC1. The Kier molecular flexibility index (Phi) is 6.95. The van der Waals surface area contributed by atoms with Gasteiger partial charge in [-0.15, -0.1) is 12.6 Å². The van der Waals surface area contributed by atoms with Crippen LogP contribution < -0.4 is 0 Å². The molecular formula is C18H28OS. The zero-order valence-corrected chi connectivity index (χ0v) is 13.6. The van der Waals surface area contributed by atoms with E-state index in [4.69, 9.17) is 4.74 Å². The molecule has 0 spiro atoms. The molecule has 0 unspecified atom stereocenters. The van der Waals surface area contributed by atoms with Crippen molar-refractivity contribution in [2.45, 2.75) is 69.3 Å². The van der Waals surface area contributed by atoms with Crippen molar-refractivity contribution < 1.29 is 4.74 Å². The van der Waals surface area contributed by atoms with Crippen LogP contribution in [0.15, 0.2) is 29.2 Å². The first-order chi connectivity index (χ1) is 9.78. The standard InChI is InChI=1S/C18H28OS/c1-2-3-14-19-17-10-6-15(7-11-17)4-5-16-8-12-18(20)13-9-16/h8-9,12-13,15,17,20H,2-7,10-11,14H2,1H3. The summed E-state index contributed by atoms with van der Waals surface area (Å²) in [5.74, 6) is 0.900. The van der Waals surface area contributed by atoms with Crippen molar-refractivity contribution in [3.8, 4) is 0 Å². The highest BCUT2D eigenvalue weighted by atomic mass is 32.1. The molecule has 2 rings (SSSR count). The van der Waals surface area contributed by atoms with Gasteiger partial charge in [-0.3, -0.25) is 0 Å². The van der Waals surface area contributed by atoms with Gasteiger partial charge in [0.05, 0.1) is 6.10 Å². The molecule has 0 aliphatic heterocycles. The van der Waals surface area contributed by atoms with Gasteiger partial charge < -0.3 is 4.74 Å². The van der Waals surface area contributed by atoms with Crippen LogP contribution in [0.5, 0.6) is 0 Å². The fourth-order valence-electron chi connectivity index (χ4n) is 3.01. The Bertz CT molecular complexity index is 366. The molecule has 1 nitrogen and oxygen atoms in total. The lowest BCUT2D eigenvalue weighted by molar-refractivity contribution is 0.0159. The van der Waals surface area contributed by atoms with Crippen LogP contribution in [0.4, 0.5) is 0 Å². The molecule has 1 aromatic rings. The minimum absolute atomic E-state index is 0.543. The predicted molar refractivity (Wildman–Crippen MR) is 88.6 cm³/mol. The van der Waals surface area contributed by atoms with Crippen LogP contribution in [-0.4, -0.2) is 12.7 Å². The van der Waals surface area contributed by atoms with Crippen molar-refractivity contribution in [1.29, 1.82) is 0 Å². The summed E-state index contributed by atoms with van der Waals surface area (Å²) in [5.41, 5.74) is 1.45. The van der Waals surface area contributed by atoms with Crippen molar-refractivity contribution in [1.82, 2.24) is 0 Å². The van der Waals surface area contributed by atoms with Gasteiger partial charge >= 0.3 is 0 Å². The first kappa shape index (κ1) is 15.9. The minimum Gasteiger partial charge on any atom is -0.378 e. The molecule has 0 atom stereocenters. The van der Waals surface area contributed by atoms with Crippen LogP contribution in [0.1, 0.15) is 57.4 Å². The van der Waals surface area contributed by atoms with Crippen molar-refractivity contribution in [2.24, 2.45) is 5.92 Å². The van der Waals surface area contributed by atoms with E-state index in [0.29, 0.717) is 6.10 Å². The highest BCUT2D eigenvalue weighted by molar-refractivity contribution is 7.80. The molecule has 0 amide bonds. The van der Waals surface area contributed by atoms with E-state index >= 15 is 0 Å². The molecule has 1 saturated carbocycles. The largest absolute Gasteiger partial charge is 0.378 e.